The van der Waals surface area contributed by atoms with Crippen molar-refractivity contribution in [1.82, 2.24) is 10.2 Å². The van der Waals surface area contributed by atoms with E-state index in [1.165, 1.54) is 0 Å². The number of carbonyl (C=O) groups excluding carboxylic acids is 1. The molecule has 1 aromatic carbocycles. The molecule has 1 aromatic heterocycles. The zero-order chi connectivity index (χ0) is 14.0. The van der Waals surface area contributed by atoms with Crippen molar-refractivity contribution in [3.8, 4) is 11.5 Å². The number of aromatic nitrogens is 2. The molecule has 1 heterocycles. The van der Waals surface area contributed by atoms with Crippen molar-refractivity contribution in [2.75, 3.05) is 5.32 Å². The van der Waals surface area contributed by atoms with Gasteiger partial charge in [-0.05, 0) is 18.2 Å². The smallest absolute Gasteiger partial charge is 0.322 e. The van der Waals surface area contributed by atoms with E-state index in [0.717, 1.165) is 0 Å². The normalized spacial score (nSPS) is 10.8. The minimum Gasteiger partial charge on any atom is -0.403 e. The Labute approximate surface area is 119 Å². The molecule has 0 saturated heterocycles. The van der Waals surface area contributed by atoms with Crippen molar-refractivity contribution in [2.24, 2.45) is 5.92 Å². The summed E-state index contributed by atoms with van der Waals surface area (Å²) in [5.74, 6) is -0.177. The van der Waals surface area contributed by atoms with Crippen molar-refractivity contribution in [3.05, 3.63) is 28.2 Å². The Balaban J connectivity index is 2.26. The Hall–Kier alpha value is -1.59. The quantitative estimate of drug-likeness (QED) is 0.939. The summed E-state index contributed by atoms with van der Waals surface area (Å²) in [7, 11) is 0. The summed E-state index contributed by atoms with van der Waals surface area (Å²) < 4.78 is 5.33. The molecule has 2 rings (SSSR count). The molecule has 0 fully saturated rings. The van der Waals surface area contributed by atoms with Gasteiger partial charge in [0, 0.05) is 10.9 Å². The van der Waals surface area contributed by atoms with E-state index in [9.17, 15) is 4.79 Å². The molecule has 0 bridgehead atoms. The fourth-order valence-corrected chi connectivity index (χ4v) is 1.66. The van der Waals surface area contributed by atoms with E-state index in [0.29, 0.717) is 15.6 Å². The number of rotatable bonds is 3. The average molecular weight is 300 g/mol. The lowest BCUT2D eigenvalue weighted by molar-refractivity contribution is -0.119. The van der Waals surface area contributed by atoms with Crippen LogP contribution >= 0.6 is 23.2 Å². The SMILES string of the molecule is CC(C)C(=O)Nc1nnc(-c2cc(Cl)ccc2Cl)o1. The summed E-state index contributed by atoms with van der Waals surface area (Å²) in [6.07, 6.45) is 0. The molecule has 7 heteroatoms. The molecular formula is C12H11Cl2N3O2. The van der Waals surface area contributed by atoms with Crippen LogP contribution in [-0.4, -0.2) is 16.1 Å². The molecule has 100 valence electrons. The van der Waals surface area contributed by atoms with Gasteiger partial charge in [0.15, 0.2) is 0 Å². The molecule has 0 radical (unpaired) electrons. The summed E-state index contributed by atoms with van der Waals surface area (Å²) in [4.78, 5) is 11.5. The molecule has 0 unspecified atom stereocenters. The van der Waals surface area contributed by atoms with Crippen molar-refractivity contribution < 1.29 is 9.21 Å². The first-order valence-corrected chi connectivity index (χ1v) is 6.32. The Morgan fingerprint density at radius 2 is 2.05 bits per heavy atom. The predicted molar refractivity (Wildman–Crippen MR) is 73.2 cm³/mol. The van der Waals surface area contributed by atoms with Gasteiger partial charge in [0.1, 0.15) is 0 Å². The van der Waals surface area contributed by atoms with Crippen LogP contribution in [0.1, 0.15) is 13.8 Å². The average Bonchev–Trinajstić information content (AvgIpc) is 2.80. The summed E-state index contributed by atoms with van der Waals surface area (Å²) in [6.45, 7) is 3.53. The number of amides is 1. The Bertz CT molecular complexity index is 611. The van der Waals surface area contributed by atoms with Gasteiger partial charge in [-0.3, -0.25) is 10.1 Å². The monoisotopic (exact) mass is 299 g/mol. The molecule has 0 aliphatic carbocycles. The molecule has 5 nitrogen and oxygen atoms in total. The minimum absolute atomic E-state index is 0.0322. The number of hydrogen-bond donors (Lipinski definition) is 1. The molecule has 2 aromatic rings. The first-order valence-electron chi connectivity index (χ1n) is 5.57. The van der Waals surface area contributed by atoms with Crippen LogP contribution in [-0.2, 0) is 4.79 Å². The van der Waals surface area contributed by atoms with Crippen molar-refractivity contribution in [3.63, 3.8) is 0 Å². The van der Waals surface area contributed by atoms with Gasteiger partial charge in [-0.2, -0.15) is 0 Å². The Kier molecular flexibility index (Phi) is 4.07. The second kappa shape index (κ2) is 5.59. The van der Waals surface area contributed by atoms with Crippen LogP contribution < -0.4 is 5.32 Å². The second-order valence-electron chi connectivity index (χ2n) is 4.18. The topological polar surface area (TPSA) is 68.0 Å². The number of benzene rings is 1. The van der Waals surface area contributed by atoms with Crippen LogP contribution in [0.4, 0.5) is 6.01 Å². The predicted octanol–water partition coefficient (Wildman–Crippen LogP) is 3.64. The summed E-state index contributed by atoms with van der Waals surface area (Å²) in [5, 5.41) is 11.0. The van der Waals surface area contributed by atoms with Gasteiger partial charge < -0.3 is 4.42 Å². The van der Waals surface area contributed by atoms with E-state index in [4.69, 9.17) is 27.6 Å². The maximum Gasteiger partial charge on any atom is 0.322 e. The first kappa shape index (κ1) is 13.8. The van der Waals surface area contributed by atoms with Gasteiger partial charge >= 0.3 is 6.01 Å². The maximum absolute atomic E-state index is 11.5. The highest BCUT2D eigenvalue weighted by Crippen LogP contribution is 2.30. The number of halogens is 2. The summed E-state index contributed by atoms with van der Waals surface area (Å²) >= 11 is 11.9. The zero-order valence-electron chi connectivity index (χ0n) is 10.3. The van der Waals surface area contributed by atoms with Crippen molar-refractivity contribution in [1.29, 1.82) is 0 Å². The van der Waals surface area contributed by atoms with Gasteiger partial charge in [-0.15, -0.1) is 5.10 Å². The highest BCUT2D eigenvalue weighted by molar-refractivity contribution is 6.35. The van der Waals surface area contributed by atoms with E-state index in [1.54, 1.807) is 32.0 Å². The van der Waals surface area contributed by atoms with Gasteiger partial charge in [0.25, 0.3) is 5.89 Å². The van der Waals surface area contributed by atoms with E-state index >= 15 is 0 Å². The highest BCUT2D eigenvalue weighted by atomic mass is 35.5. The lowest BCUT2D eigenvalue weighted by atomic mass is 10.2. The van der Waals surface area contributed by atoms with Crippen LogP contribution in [0, 0.1) is 5.92 Å². The molecule has 0 saturated carbocycles. The third-order valence-corrected chi connectivity index (χ3v) is 2.90. The molecule has 1 N–H and O–H groups in total. The van der Waals surface area contributed by atoms with Gasteiger partial charge in [0.2, 0.25) is 5.91 Å². The van der Waals surface area contributed by atoms with Crippen LogP contribution in [0.15, 0.2) is 22.6 Å². The van der Waals surface area contributed by atoms with Crippen molar-refractivity contribution >= 4 is 35.1 Å². The molecule has 0 aliphatic rings. The van der Waals surface area contributed by atoms with E-state index < -0.39 is 0 Å². The number of nitrogens with zero attached hydrogens (tertiary/aromatic N) is 2. The van der Waals surface area contributed by atoms with E-state index in [1.807, 2.05) is 0 Å². The zero-order valence-corrected chi connectivity index (χ0v) is 11.8. The van der Waals surface area contributed by atoms with Gasteiger partial charge in [0.05, 0.1) is 10.6 Å². The molecule has 0 spiro atoms. The first-order chi connectivity index (χ1) is 8.97. The fourth-order valence-electron chi connectivity index (χ4n) is 1.29. The van der Waals surface area contributed by atoms with Crippen LogP contribution in [0.5, 0.6) is 0 Å². The van der Waals surface area contributed by atoms with Crippen LogP contribution in [0.2, 0.25) is 10.0 Å². The van der Waals surface area contributed by atoms with Crippen LogP contribution in [0.25, 0.3) is 11.5 Å². The third-order valence-electron chi connectivity index (χ3n) is 2.34. The Morgan fingerprint density at radius 1 is 1.32 bits per heavy atom. The number of nitrogens with one attached hydrogen (secondary N) is 1. The molecule has 0 aliphatic heterocycles. The second-order valence-corrected chi connectivity index (χ2v) is 5.02. The summed E-state index contributed by atoms with van der Waals surface area (Å²) in [6, 6.07) is 4.94. The standard InChI is InChI=1S/C12H11Cl2N3O2/c1-6(2)10(18)15-12-17-16-11(19-12)8-5-7(13)3-4-9(8)14/h3-6H,1-2H3,(H,15,17,18). The molecule has 19 heavy (non-hydrogen) atoms. The lowest BCUT2D eigenvalue weighted by Gasteiger charge is -2.02. The summed E-state index contributed by atoms with van der Waals surface area (Å²) in [5.41, 5.74) is 0.520. The maximum atomic E-state index is 11.5. The molecule has 0 atom stereocenters. The third kappa shape index (κ3) is 3.24. The van der Waals surface area contributed by atoms with Gasteiger partial charge in [-0.25, -0.2) is 0 Å². The largest absolute Gasteiger partial charge is 0.403 e. The van der Waals surface area contributed by atoms with Crippen LogP contribution in [0.3, 0.4) is 0 Å². The number of hydrogen-bond acceptors (Lipinski definition) is 4. The number of carbonyl (C=O) groups is 1. The van der Waals surface area contributed by atoms with E-state index in [-0.39, 0.29) is 23.7 Å². The van der Waals surface area contributed by atoms with Crippen molar-refractivity contribution in [2.45, 2.75) is 13.8 Å². The molecule has 1 amide bonds. The van der Waals surface area contributed by atoms with Gasteiger partial charge in [-0.1, -0.05) is 42.1 Å². The number of anilines is 1. The van der Waals surface area contributed by atoms with E-state index in [2.05, 4.69) is 15.5 Å². The lowest BCUT2D eigenvalue weighted by Crippen LogP contribution is -2.17. The highest BCUT2D eigenvalue weighted by Gasteiger charge is 2.15. The fraction of sp³-hybridized carbons (Fsp3) is 0.250. The Morgan fingerprint density at radius 3 is 2.74 bits per heavy atom. The minimum atomic E-state index is -0.201. The molecular weight excluding hydrogens is 289 g/mol.